The molecular formula is C26H22N4O3. The van der Waals surface area contributed by atoms with E-state index < -0.39 is 11.6 Å². The van der Waals surface area contributed by atoms with Gasteiger partial charge in [0.25, 0.3) is 5.91 Å². The van der Waals surface area contributed by atoms with Crippen LogP contribution in [0, 0.1) is 17.2 Å². The maximum absolute atomic E-state index is 13.4. The lowest BCUT2D eigenvalue weighted by molar-refractivity contribution is -0.128. The Bertz CT molecular complexity index is 1340. The molecule has 0 saturated carbocycles. The summed E-state index contributed by atoms with van der Waals surface area (Å²) in [6.45, 7) is 1.94. The molecule has 164 valence electrons. The van der Waals surface area contributed by atoms with E-state index >= 15 is 0 Å². The number of aliphatic imine (C=N–C) groups is 1. The number of hydrogen-bond acceptors (Lipinski definition) is 6. The molecule has 33 heavy (non-hydrogen) atoms. The predicted octanol–water partition coefficient (Wildman–Crippen LogP) is 3.64. The predicted molar refractivity (Wildman–Crippen MR) is 124 cm³/mol. The lowest BCUT2D eigenvalue weighted by atomic mass is 9.72. The van der Waals surface area contributed by atoms with Crippen LogP contribution >= 0.6 is 0 Å². The van der Waals surface area contributed by atoms with Crippen molar-refractivity contribution in [1.29, 1.82) is 5.26 Å². The van der Waals surface area contributed by atoms with Crippen LogP contribution < -0.4 is 20.5 Å². The number of carbonyl (C=O) groups is 1. The number of ether oxygens (including phenoxy) is 2. The van der Waals surface area contributed by atoms with E-state index in [9.17, 15) is 10.1 Å². The summed E-state index contributed by atoms with van der Waals surface area (Å²) in [7, 11) is 1.61. The van der Waals surface area contributed by atoms with Crippen molar-refractivity contribution in [2.24, 2.45) is 16.6 Å². The van der Waals surface area contributed by atoms with Crippen molar-refractivity contribution < 1.29 is 14.3 Å². The lowest BCUT2D eigenvalue weighted by Gasteiger charge is -2.42. The molecule has 7 nitrogen and oxygen atoms in total. The van der Waals surface area contributed by atoms with Gasteiger partial charge < -0.3 is 15.2 Å². The molecule has 0 fully saturated rings. The minimum atomic E-state index is -1.24. The first kappa shape index (κ1) is 20.6. The van der Waals surface area contributed by atoms with E-state index in [0.29, 0.717) is 22.6 Å². The Hall–Kier alpha value is -4.31. The summed E-state index contributed by atoms with van der Waals surface area (Å²) < 4.78 is 11.8. The molecule has 3 atom stereocenters. The maximum atomic E-state index is 13.4. The zero-order valence-corrected chi connectivity index (χ0v) is 18.2. The Morgan fingerprint density at radius 3 is 2.64 bits per heavy atom. The molecule has 1 unspecified atom stereocenters. The van der Waals surface area contributed by atoms with Crippen LogP contribution in [0.5, 0.6) is 11.5 Å². The van der Waals surface area contributed by atoms with Crippen LogP contribution in [0.2, 0.25) is 0 Å². The van der Waals surface area contributed by atoms with Gasteiger partial charge in [-0.25, -0.2) is 4.99 Å². The number of methoxy groups -OCH3 is 1. The average Bonchev–Trinajstić information content (AvgIpc) is 3.15. The molecule has 2 aliphatic heterocycles. The normalized spacial score (nSPS) is 23.2. The van der Waals surface area contributed by atoms with Crippen LogP contribution in [0.1, 0.15) is 29.7 Å². The Balaban J connectivity index is 1.68. The number of fused-ring (bicyclic) bond motifs is 2. The largest absolute Gasteiger partial charge is 0.497 e. The zero-order chi connectivity index (χ0) is 23.2. The van der Waals surface area contributed by atoms with Crippen LogP contribution in [0.3, 0.4) is 0 Å². The average molecular weight is 438 g/mol. The quantitative estimate of drug-likeness (QED) is 0.649. The van der Waals surface area contributed by atoms with Gasteiger partial charge in [0.1, 0.15) is 17.6 Å². The Morgan fingerprint density at radius 2 is 1.91 bits per heavy atom. The highest BCUT2D eigenvalue weighted by atomic mass is 16.5. The summed E-state index contributed by atoms with van der Waals surface area (Å²) in [5, 5.41) is 12.0. The summed E-state index contributed by atoms with van der Waals surface area (Å²) in [6, 6.07) is 22.8. The Labute approximate surface area is 191 Å². The highest BCUT2D eigenvalue weighted by Crippen LogP contribution is 2.53. The van der Waals surface area contributed by atoms with E-state index in [2.05, 4.69) is 16.4 Å². The number of rotatable bonds is 3. The van der Waals surface area contributed by atoms with E-state index in [1.807, 2.05) is 67.6 Å². The molecule has 3 N–H and O–H groups in total. The number of guanidine groups is 1. The monoisotopic (exact) mass is 438 g/mol. The molecule has 2 heterocycles. The van der Waals surface area contributed by atoms with Crippen molar-refractivity contribution in [3.8, 4) is 28.7 Å². The highest BCUT2D eigenvalue weighted by molar-refractivity contribution is 6.08. The number of amides is 1. The van der Waals surface area contributed by atoms with E-state index in [1.165, 1.54) is 0 Å². The molecule has 0 aliphatic carbocycles. The summed E-state index contributed by atoms with van der Waals surface area (Å²) >= 11 is 0. The number of benzene rings is 3. The lowest BCUT2D eigenvalue weighted by Crippen LogP contribution is -2.48. The molecule has 3 aromatic carbocycles. The second kappa shape index (κ2) is 7.68. The molecule has 0 radical (unpaired) electrons. The number of nitrogens with one attached hydrogen (secondary N) is 1. The molecule has 0 saturated heterocycles. The SMILES string of the molecule is COc1cccc([C@@H]2Oc3ccc(-c4cccc(C#N)c4)cc3[C@]3(N=C(N)NC3=O)C2C)c1. The van der Waals surface area contributed by atoms with Crippen molar-refractivity contribution in [1.82, 2.24) is 5.32 Å². The van der Waals surface area contributed by atoms with Gasteiger partial charge in [0, 0.05) is 11.5 Å². The molecule has 7 heteroatoms. The smallest absolute Gasteiger partial charge is 0.259 e. The van der Waals surface area contributed by atoms with E-state index in [1.54, 1.807) is 13.2 Å². The van der Waals surface area contributed by atoms with Crippen LogP contribution in [0.15, 0.2) is 71.7 Å². The molecule has 2 aliphatic rings. The molecule has 5 rings (SSSR count). The minimum absolute atomic E-state index is 0.0842. The fourth-order valence-electron chi connectivity index (χ4n) is 4.73. The molecule has 1 spiro atoms. The standard InChI is InChI=1S/C26H22N4O3/c1-15-23(19-7-4-8-20(12-19)32-2)33-22-10-9-18(17-6-3-5-16(11-17)14-27)13-21(22)26(15)24(31)29-25(28)30-26/h3-13,15,23H,1-2H3,(H3,28,29,30,31)/t15?,23-,26-/m1/s1. The number of nitriles is 1. The third kappa shape index (κ3) is 3.19. The third-order valence-electron chi connectivity index (χ3n) is 6.39. The first-order valence-corrected chi connectivity index (χ1v) is 10.6. The van der Waals surface area contributed by atoms with E-state index in [-0.39, 0.29) is 17.8 Å². The molecule has 1 amide bonds. The van der Waals surface area contributed by atoms with Crippen molar-refractivity contribution in [2.45, 2.75) is 18.6 Å². The molecular weight excluding hydrogens is 416 g/mol. The van der Waals surface area contributed by atoms with Gasteiger partial charge in [-0.15, -0.1) is 0 Å². The van der Waals surface area contributed by atoms with Crippen LogP contribution in [0.4, 0.5) is 0 Å². The highest BCUT2D eigenvalue weighted by Gasteiger charge is 2.56. The van der Waals surface area contributed by atoms with Crippen molar-refractivity contribution in [3.63, 3.8) is 0 Å². The van der Waals surface area contributed by atoms with Crippen molar-refractivity contribution in [2.75, 3.05) is 7.11 Å². The summed E-state index contributed by atoms with van der Waals surface area (Å²) in [5.74, 6) is 0.706. The third-order valence-corrected chi connectivity index (χ3v) is 6.39. The Kier molecular flexibility index (Phi) is 4.79. The number of nitrogens with two attached hydrogens (primary N) is 1. The van der Waals surface area contributed by atoms with Gasteiger partial charge in [-0.2, -0.15) is 5.26 Å². The summed E-state index contributed by atoms with van der Waals surface area (Å²) in [4.78, 5) is 18.0. The van der Waals surface area contributed by atoms with Gasteiger partial charge in [-0.05, 0) is 53.1 Å². The first-order chi connectivity index (χ1) is 16.0. The summed E-state index contributed by atoms with van der Waals surface area (Å²) in [6.07, 6.45) is -0.444. The fourth-order valence-corrected chi connectivity index (χ4v) is 4.73. The minimum Gasteiger partial charge on any atom is -0.497 e. The van der Waals surface area contributed by atoms with Crippen LogP contribution in [-0.4, -0.2) is 19.0 Å². The van der Waals surface area contributed by atoms with Crippen molar-refractivity contribution >= 4 is 11.9 Å². The number of carbonyl (C=O) groups excluding carboxylic acids is 1. The molecule has 0 bridgehead atoms. The number of nitrogens with zero attached hydrogens (tertiary/aromatic N) is 2. The van der Waals surface area contributed by atoms with Crippen molar-refractivity contribution in [3.05, 3.63) is 83.4 Å². The first-order valence-electron chi connectivity index (χ1n) is 10.6. The molecule has 0 aromatic heterocycles. The second-order valence-corrected chi connectivity index (χ2v) is 8.22. The van der Waals surface area contributed by atoms with E-state index in [0.717, 1.165) is 16.7 Å². The maximum Gasteiger partial charge on any atom is 0.259 e. The van der Waals surface area contributed by atoms with Gasteiger partial charge in [-0.3, -0.25) is 10.1 Å². The van der Waals surface area contributed by atoms with Gasteiger partial charge >= 0.3 is 0 Å². The van der Waals surface area contributed by atoms with Gasteiger partial charge in [0.2, 0.25) is 0 Å². The number of hydrogen-bond donors (Lipinski definition) is 2. The second-order valence-electron chi connectivity index (χ2n) is 8.22. The van der Waals surface area contributed by atoms with Gasteiger partial charge in [-0.1, -0.05) is 37.3 Å². The van der Waals surface area contributed by atoms with Crippen LogP contribution in [0.25, 0.3) is 11.1 Å². The topological polar surface area (TPSA) is 110 Å². The van der Waals surface area contributed by atoms with Gasteiger partial charge in [0.15, 0.2) is 11.5 Å². The fraction of sp³-hybridized carbons (Fsp3) is 0.192. The van der Waals surface area contributed by atoms with E-state index in [4.69, 9.17) is 15.2 Å². The summed E-state index contributed by atoms with van der Waals surface area (Å²) in [5.41, 5.74) is 8.55. The van der Waals surface area contributed by atoms with Crippen LogP contribution in [-0.2, 0) is 10.3 Å². The Morgan fingerprint density at radius 1 is 1.12 bits per heavy atom. The van der Waals surface area contributed by atoms with Gasteiger partial charge in [0.05, 0.1) is 18.7 Å². The zero-order valence-electron chi connectivity index (χ0n) is 18.2. The molecule has 3 aromatic rings.